The zero-order chi connectivity index (χ0) is 26.3. The molecule has 1 amide bonds. The number of hydrazone groups is 1. The van der Waals surface area contributed by atoms with Crippen LogP contribution in [0, 0.1) is 0 Å². The van der Waals surface area contributed by atoms with Gasteiger partial charge in [0.2, 0.25) is 5.91 Å². The molecule has 2 aromatic carbocycles. The lowest BCUT2D eigenvalue weighted by Gasteiger charge is -2.04. The van der Waals surface area contributed by atoms with Crippen LogP contribution in [-0.2, 0) is 4.79 Å². The van der Waals surface area contributed by atoms with Crippen LogP contribution in [-0.4, -0.2) is 18.1 Å². The van der Waals surface area contributed by atoms with Crippen LogP contribution >= 0.6 is 22.9 Å². The van der Waals surface area contributed by atoms with Gasteiger partial charge in [0.25, 0.3) is 0 Å². The molecule has 1 heterocycles. The zero-order valence-corrected chi connectivity index (χ0v) is 23.2. The number of benzene rings is 2. The number of thiophene rings is 1. The molecule has 0 spiro atoms. The predicted octanol–water partition coefficient (Wildman–Crippen LogP) is 8.93. The highest BCUT2D eigenvalue weighted by atomic mass is 35.5. The Morgan fingerprint density at radius 3 is 2.16 bits per heavy atom. The number of amides is 1. The highest BCUT2D eigenvalue weighted by molar-refractivity contribution is 7.21. The number of nitrogens with one attached hydrogen (secondary N) is 1. The Balaban J connectivity index is 1.30. The topological polar surface area (TPSA) is 67.8 Å². The van der Waals surface area contributed by atoms with Crippen molar-refractivity contribution in [1.29, 1.82) is 0 Å². The quantitative estimate of drug-likeness (QED) is 0.0648. The second-order valence-electron chi connectivity index (χ2n) is 9.28. The Morgan fingerprint density at radius 2 is 1.51 bits per heavy atom. The van der Waals surface area contributed by atoms with Crippen LogP contribution in [0.3, 0.4) is 0 Å². The van der Waals surface area contributed by atoms with Crippen molar-refractivity contribution in [3.8, 4) is 5.75 Å². The molecule has 0 radical (unpaired) electrons. The van der Waals surface area contributed by atoms with E-state index in [0.717, 1.165) is 28.5 Å². The molecular weight excluding hydrogens is 504 g/mol. The minimum atomic E-state index is -0.484. The number of carbonyl (C=O) groups excluding carboxylic acids is 2. The molecule has 5 nitrogen and oxygen atoms in total. The third-order valence-corrected chi connectivity index (χ3v) is 7.88. The van der Waals surface area contributed by atoms with E-state index in [0.29, 0.717) is 22.1 Å². The fraction of sp³-hybridized carbons (Fsp3) is 0.433. The van der Waals surface area contributed by atoms with Gasteiger partial charge in [0.05, 0.1) is 11.2 Å². The molecule has 3 rings (SSSR count). The summed E-state index contributed by atoms with van der Waals surface area (Å²) >= 11 is 7.68. The monoisotopic (exact) mass is 540 g/mol. The molecule has 1 N–H and O–H groups in total. The average molecular weight is 541 g/mol. The lowest BCUT2D eigenvalue weighted by molar-refractivity contribution is -0.121. The SMILES string of the molecule is CCCCCCCCCCCCCC(=O)N/N=C/c1ccc(OC(=O)c2sc3ccccc3c2Cl)cc1. The van der Waals surface area contributed by atoms with E-state index in [1.54, 1.807) is 30.5 Å². The van der Waals surface area contributed by atoms with Gasteiger partial charge in [0.15, 0.2) is 0 Å². The Kier molecular flexibility index (Phi) is 12.6. The molecule has 37 heavy (non-hydrogen) atoms. The van der Waals surface area contributed by atoms with Gasteiger partial charge in [0, 0.05) is 16.5 Å². The van der Waals surface area contributed by atoms with Crippen molar-refractivity contribution in [1.82, 2.24) is 5.43 Å². The van der Waals surface area contributed by atoms with Gasteiger partial charge in [-0.05, 0) is 42.3 Å². The maximum absolute atomic E-state index is 12.6. The van der Waals surface area contributed by atoms with E-state index in [4.69, 9.17) is 16.3 Å². The van der Waals surface area contributed by atoms with Crippen LogP contribution in [0.2, 0.25) is 5.02 Å². The van der Waals surface area contributed by atoms with E-state index in [9.17, 15) is 9.59 Å². The molecule has 0 unspecified atom stereocenters. The first kappa shape index (κ1) is 28.9. The normalized spacial score (nSPS) is 11.3. The molecule has 0 aliphatic heterocycles. The van der Waals surface area contributed by atoms with Gasteiger partial charge in [-0.15, -0.1) is 11.3 Å². The van der Waals surface area contributed by atoms with E-state index in [1.165, 1.54) is 69.1 Å². The number of fused-ring (bicyclic) bond motifs is 1. The fourth-order valence-corrected chi connectivity index (χ4v) is 5.49. The summed E-state index contributed by atoms with van der Waals surface area (Å²) in [5, 5.41) is 5.30. The minimum Gasteiger partial charge on any atom is -0.422 e. The van der Waals surface area contributed by atoms with Gasteiger partial charge in [-0.2, -0.15) is 5.10 Å². The van der Waals surface area contributed by atoms with Gasteiger partial charge in [-0.3, -0.25) is 4.79 Å². The summed E-state index contributed by atoms with van der Waals surface area (Å²) in [6, 6.07) is 14.5. The van der Waals surface area contributed by atoms with Crippen molar-refractivity contribution < 1.29 is 14.3 Å². The van der Waals surface area contributed by atoms with Gasteiger partial charge in [-0.1, -0.05) is 101 Å². The molecule has 7 heteroatoms. The molecule has 0 atom stereocenters. The molecule has 0 aliphatic carbocycles. The Morgan fingerprint density at radius 1 is 0.892 bits per heavy atom. The molecule has 0 aliphatic rings. The van der Waals surface area contributed by atoms with Crippen molar-refractivity contribution in [2.45, 2.75) is 84.0 Å². The van der Waals surface area contributed by atoms with Crippen LogP contribution < -0.4 is 10.2 Å². The van der Waals surface area contributed by atoms with Crippen LogP contribution in [0.4, 0.5) is 0 Å². The Labute approximate surface area is 229 Å². The summed E-state index contributed by atoms with van der Waals surface area (Å²) in [7, 11) is 0. The molecule has 0 saturated carbocycles. The zero-order valence-electron chi connectivity index (χ0n) is 21.6. The number of hydrogen-bond acceptors (Lipinski definition) is 5. The summed E-state index contributed by atoms with van der Waals surface area (Å²) < 4.78 is 6.43. The predicted molar refractivity (Wildman–Crippen MR) is 155 cm³/mol. The number of esters is 1. The summed E-state index contributed by atoms with van der Waals surface area (Å²) in [6.07, 6.45) is 15.9. The van der Waals surface area contributed by atoms with E-state index < -0.39 is 5.97 Å². The minimum absolute atomic E-state index is 0.0714. The molecule has 1 aromatic heterocycles. The molecule has 0 fully saturated rings. The summed E-state index contributed by atoms with van der Waals surface area (Å²) in [4.78, 5) is 25.0. The van der Waals surface area contributed by atoms with Gasteiger partial charge in [0.1, 0.15) is 10.6 Å². The van der Waals surface area contributed by atoms with Crippen molar-refractivity contribution >= 4 is 51.1 Å². The number of ether oxygens (including phenoxy) is 1. The highest BCUT2D eigenvalue weighted by Crippen LogP contribution is 2.35. The van der Waals surface area contributed by atoms with Crippen molar-refractivity contribution in [2.24, 2.45) is 5.10 Å². The fourth-order valence-electron chi connectivity index (χ4n) is 4.11. The molecule has 198 valence electrons. The Bertz CT molecular complexity index is 1160. The lowest BCUT2D eigenvalue weighted by Crippen LogP contribution is -2.16. The summed E-state index contributed by atoms with van der Waals surface area (Å²) in [5.74, 6) is -0.142. The van der Waals surface area contributed by atoms with Crippen LogP contribution in [0.15, 0.2) is 53.6 Å². The number of nitrogens with zero attached hydrogens (tertiary/aromatic N) is 1. The summed E-state index contributed by atoms with van der Waals surface area (Å²) in [6.45, 7) is 2.25. The van der Waals surface area contributed by atoms with Crippen molar-refractivity contribution in [3.05, 3.63) is 64.0 Å². The molecular formula is C30H37ClN2O3S. The first-order valence-corrected chi connectivity index (χ1v) is 14.6. The van der Waals surface area contributed by atoms with Crippen molar-refractivity contribution in [3.63, 3.8) is 0 Å². The van der Waals surface area contributed by atoms with Crippen LogP contribution in [0.25, 0.3) is 10.1 Å². The number of halogens is 1. The smallest absolute Gasteiger partial charge is 0.355 e. The standard InChI is InChI=1S/C30H37ClN2O3S/c1-2-3-4-5-6-7-8-9-10-11-12-17-27(34)33-32-22-23-18-20-24(21-19-23)36-30(35)29-28(31)25-15-13-14-16-26(25)37-29/h13-16,18-22H,2-12,17H2,1H3,(H,33,34)/b32-22+. The number of unbranched alkanes of at least 4 members (excludes halogenated alkanes) is 10. The Hall–Kier alpha value is -2.70. The third-order valence-electron chi connectivity index (χ3n) is 6.22. The van der Waals surface area contributed by atoms with Gasteiger partial charge < -0.3 is 4.74 Å². The maximum atomic E-state index is 12.6. The first-order chi connectivity index (χ1) is 18.1. The molecule has 0 bridgehead atoms. The second kappa shape index (κ2) is 16.2. The number of hydrogen-bond donors (Lipinski definition) is 1. The van der Waals surface area contributed by atoms with E-state index >= 15 is 0 Å². The number of carbonyl (C=O) groups is 2. The van der Waals surface area contributed by atoms with E-state index in [-0.39, 0.29) is 5.91 Å². The van der Waals surface area contributed by atoms with E-state index in [2.05, 4.69) is 17.5 Å². The van der Waals surface area contributed by atoms with E-state index in [1.807, 2.05) is 24.3 Å². The van der Waals surface area contributed by atoms with Gasteiger partial charge in [-0.25, -0.2) is 10.2 Å². The second-order valence-corrected chi connectivity index (χ2v) is 10.7. The van der Waals surface area contributed by atoms with Crippen molar-refractivity contribution in [2.75, 3.05) is 0 Å². The molecule has 3 aromatic rings. The van der Waals surface area contributed by atoms with Crippen LogP contribution in [0.1, 0.15) is 99.2 Å². The average Bonchev–Trinajstić information content (AvgIpc) is 3.25. The third kappa shape index (κ3) is 9.94. The maximum Gasteiger partial charge on any atom is 0.355 e. The summed E-state index contributed by atoms with van der Waals surface area (Å²) in [5.41, 5.74) is 3.37. The largest absolute Gasteiger partial charge is 0.422 e. The first-order valence-electron chi connectivity index (χ1n) is 13.4. The number of rotatable bonds is 16. The van der Waals surface area contributed by atoms with Crippen LogP contribution in [0.5, 0.6) is 5.75 Å². The molecule has 0 saturated heterocycles. The highest BCUT2D eigenvalue weighted by Gasteiger charge is 2.18. The van der Waals surface area contributed by atoms with Gasteiger partial charge >= 0.3 is 5.97 Å². The lowest BCUT2D eigenvalue weighted by atomic mass is 10.1.